The van der Waals surface area contributed by atoms with Crippen LogP contribution in [0.4, 0.5) is 0 Å². The normalized spacial score (nSPS) is 12.9. The SMILES string of the molecule is C#CC(C#CC=O)(C=C)CCCC. The fraction of sp³-hybridized carbons (Fsp3) is 0.417. The van der Waals surface area contributed by atoms with Crippen LogP contribution in [0.15, 0.2) is 12.7 Å². The maximum Gasteiger partial charge on any atom is 0.192 e. The molecule has 0 aliphatic heterocycles. The maximum atomic E-state index is 10.1. The zero-order valence-electron chi connectivity index (χ0n) is 7.97. The van der Waals surface area contributed by atoms with Gasteiger partial charge in [-0.2, -0.15) is 0 Å². The van der Waals surface area contributed by atoms with Crippen LogP contribution in [-0.2, 0) is 4.79 Å². The van der Waals surface area contributed by atoms with E-state index in [1.54, 1.807) is 6.08 Å². The van der Waals surface area contributed by atoms with Crippen molar-refractivity contribution in [1.82, 2.24) is 0 Å². The summed E-state index contributed by atoms with van der Waals surface area (Å²) in [6.45, 7) is 5.73. The molecular weight excluding hydrogens is 160 g/mol. The first kappa shape index (κ1) is 11.5. The van der Waals surface area contributed by atoms with E-state index in [1.807, 2.05) is 0 Å². The zero-order valence-corrected chi connectivity index (χ0v) is 7.97. The predicted molar refractivity (Wildman–Crippen MR) is 54.8 cm³/mol. The Labute approximate surface area is 80.2 Å². The number of terminal acetylenes is 1. The molecule has 0 aliphatic rings. The van der Waals surface area contributed by atoms with Crippen molar-refractivity contribution >= 4 is 6.29 Å². The van der Waals surface area contributed by atoms with E-state index in [2.05, 4.69) is 31.3 Å². The molecule has 0 fully saturated rings. The minimum Gasteiger partial charge on any atom is -0.289 e. The smallest absolute Gasteiger partial charge is 0.192 e. The van der Waals surface area contributed by atoms with Crippen molar-refractivity contribution < 1.29 is 4.79 Å². The minimum absolute atomic E-state index is 0.557. The van der Waals surface area contributed by atoms with E-state index in [4.69, 9.17) is 6.42 Å². The van der Waals surface area contributed by atoms with Crippen molar-refractivity contribution in [3.8, 4) is 24.2 Å². The van der Waals surface area contributed by atoms with Crippen LogP contribution in [0.2, 0.25) is 0 Å². The van der Waals surface area contributed by atoms with E-state index < -0.39 is 5.41 Å². The second-order valence-electron chi connectivity index (χ2n) is 2.81. The Balaban J connectivity index is 4.61. The summed E-state index contributed by atoms with van der Waals surface area (Å²) in [4.78, 5) is 10.1. The molecule has 1 nitrogen and oxygen atoms in total. The Kier molecular flexibility index (Phi) is 5.40. The molecule has 0 bridgehead atoms. The van der Waals surface area contributed by atoms with Gasteiger partial charge >= 0.3 is 0 Å². The number of hydrogen-bond donors (Lipinski definition) is 0. The van der Waals surface area contributed by atoms with Gasteiger partial charge in [-0.15, -0.1) is 13.0 Å². The van der Waals surface area contributed by atoms with Gasteiger partial charge in [-0.1, -0.05) is 37.7 Å². The van der Waals surface area contributed by atoms with Gasteiger partial charge in [0.25, 0.3) is 0 Å². The van der Waals surface area contributed by atoms with Crippen molar-refractivity contribution in [2.45, 2.75) is 26.2 Å². The first-order chi connectivity index (χ1) is 6.24. The van der Waals surface area contributed by atoms with Crippen molar-refractivity contribution in [2.24, 2.45) is 5.41 Å². The third-order valence-corrected chi connectivity index (χ3v) is 1.88. The number of allylic oxidation sites excluding steroid dienone is 1. The summed E-state index contributed by atoms with van der Waals surface area (Å²) < 4.78 is 0. The number of unbranched alkanes of at least 4 members (excludes halogenated alkanes) is 1. The largest absolute Gasteiger partial charge is 0.289 e. The summed E-state index contributed by atoms with van der Waals surface area (Å²) >= 11 is 0. The van der Waals surface area contributed by atoms with Crippen LogP contribution in [0.3, 0.4) is 0 Å². The second-order valence-corrected chi connectivity index (χ2v) is 2.81. The number of hydrogen-bond acceptors (Lipinski definition) is 1. The molecule has 0 radical (unpaired) electrons. The van der Waals surface area contributed by atoms with E-state index in [1.165, 1.54) is 0 Å². The van der Waals surface area contributed by atoms with E-state index in [0.717, 1.165) is 19.3 Å². The lowest BCUT2D eigenvalue weighted by Gasteiger charge is -2.16. The van der Waals surface area contributed by atoms with Crippen LogP contribution in [0.25, 0.3) is 0 Å². The van der Waals surface area contributed by atoms with Crippen LogP contribution in [-0.4, -0.2) is 6.29 Å². The molecule has 1 heteroatoms. The van der Waals surface area contributed by atoms with Gasteiger partial charge in [0, 0.05) is 0 Å². The summed E-state index contributed by atoms with van der Waals surface area (Å²) in [6, 6.07) is 0. The average Bonchev–Trinajstić information content (AvgIpc) is 2.20. The third-order valence-electron chi connectivity index (χ3n) is 1.88. The number of rotatable bonds is 4. The highest BCUT2D eigenvalue weighted by Crippen LogP contribution is 2.23. The Morgan fingerprint density at radius 1 is 1.62 bits per heavy atom. The Hall–Kier alpha value is -1.47. The molecule has 0 aromatic carbocycles. The summed E-state index contributed by atoms with van der Waals surface area (Å²) in [5, 5.41) is 0. The van der Waals surface area contributed by atoms with Crippen molar-refractivity contribution in [1.29, 1.82) is 0 Å². The van der Waals surface area contributed by atoms with Crippen LogP contribution in [0.5, 0.6) is 0 Å². The molecule has 0 aromatic heterocycles. The summed E-state index contributed by atoms with van der Waals surface area (Å²) in [6.07, 6.45) is 10.4. The lowest BCUT2D eigenvalue weighted by Crippen LogP contribution is -2.12. The molecule has 0 heterocycles. The average molecular weight is 174 g/mol. The summed E-state index contributed by atoms with van der Waals surface area (Å²) in [7, 11) is 0. The summed E-state index contributed by atoms with van der Waals surface area (Å²) in [5.74, 6) is 7.68. The number of carbonyl (C=O) groups is 1. The maximum absolute atomic E-state index is 10.1. The van der Waals surface area contributed by atoms with Gasteiger partial charge in [-0.05, 0) is 12.3 Å². The molecule has 0 rings (SSSR count). The fourth-order valence-electron chi connectivity index (χ4n) is 0.997. The van der Waals surface area contributed by atoms with Crippen molar-refractivity contribution in [2.75, 3.05) is 0 Å². The Bertz CT molecular complexity index is 272. The predicted octanol–water partition coefficient (Wildman–Crippen LogP) is 2.18. The summed E-state index contributed by atoms with van der Waals surface area (Å²) in [5.41, 5.74) is -0.614. The molecule has 1 unspecified atom stereocenters. The Morgan fingerprint density at radius 3 is 2.69 bits per heavy atom. The van der Waals surface area contributed by atoms with Crippen LogP contribution in [0, 0.1) is 29.6 Å². The monoisotopic (exact) mass is 174 g/mol. The molecule has 0 N–H and O–H groups in total. The van der Waals surface area contributed by atoms with Crippen LogP contribution >= 0.6 is 0 Å². The second kappa shape index (κ2) is 6.09. The van der Waals surface area contributed by atoms with E-state index >= 15 is 0 Å². The first-order valence-corrected chi connectivity index (χ1v) is 4.32. The van der Waals surface area contributed by atoms with Gasteiger partial charge < -0.3 is 0 Å². The fourth-order valence-corrected chi connectivity index (χ4v) is 0.997. The van der Waals surface area contributed by atoms with Crippen LogP contribution < -0.4 is 0 Å². The van der Waals surface area contributed by atoms with Gasteiger partial charge in [0.2, 0.25) is 0 Å². The standard InChI is InChI=1S/C12H14O/c1-4-7-9-12(5-2,6-3)10-8-11-13/h2,6,11H,3-4,7,9H2,1H3. The molecule has 0 saturated carbocycles. The quantitative estimate of drug-likeness (QED) is 0.363. The molecule has 0 saturated heterocycles. The molecule has 0 spiro atoms. The number of carbonyl (C=O) groups excluding carboxylic acids is 1. The lowest BCUT2D eigenvalue weighted by molar-refractivity contribution is -0.103. The van der Waals surface area contributed by atoms with Gasteiger partial charge in [0.05, 0.1) is 0 Å². The highest BCUT2D eigenvalue weighted by molar-refractivity contribution is 5.73. The van der Waals surface area contributed by atoms with Crippen LogP contribution in [0.1, 0.15) is 26.2 Å². The molecule has 0 aliphatic carbocycles. The minimum atomic E-state index is -0.614. The van der Waals surface area contributed by atoms with Gasteiger partial charge in [-0.3, -0.25) is 4.79 Å². The molecule has 0 amide bonds. The molecule has 1 atom stereocenters. The zero-order chi connectivity index (χ0) is 10.2. The van der Waals surface area contributed by atoms with Crippen molar-refractivity contribution in [3.05, 3.63) is 12.7 Å². The molecular formula is C12H14O. The van der Waals surface area contributed by atoms with Crippen molar-refractivity contribution in [3.63, 3.8) is 0 Å². The van der Waals surface area contributed by atoms with E-state index in [0.29, 0.717) is 6.29 Å². The highest BCUT2D eigenvalue weighted by atomic mass is 16.1. The van der Waals surface area contributed by atoms with Gasteiger partial charge in [0.15, 0.2) is 6.29 Å². The topological polar surface area (TPSA) is 17.1 Å². The van der Waals surface area contributed by atoms with E-state index in [9.17, 15) is 4.79 Å². The molecule has 13 heavy (non-hydrogen) atoms. The number of aldehydes is 1. The lowest BCUT2D eigenvalue weighted by atomic mass is 9.84. The first-order valence-electron chi connectivity index (χ1n) is 4.32. The molecule has 68 valence electrons. The Morgan fingerprint density at radius 2 is 2.31 bits per heavy atom. The van der Waals surface area contributed by atoms with Gasteiger partial charge in [0.1, 0.15) is 5.41 Å². The molecule has 0 aromatic rings. The van der Waals surface area contributed by atoms with E-state index in [-0.39, 0.29) is 0 Å². The third kappa shape index (κ3) is 3.63. The van der Waals surface area contributed by atoms with Gasteiger partial charge in [-0.25, -0.2) is 0 Å². The highest BCUT2D eigenvalue weighted by Gasteiger charge is 2.19.